The number of aliphatic hydroxyl groups excluding tert-OH is 1. The number of nitrogens with zero attached hydrogens (tertiary/aromatic N) is 1. The van der Waals surface area contributed by atoms with Crippen molar-refractivity contribution in [3.05, 3.63) is 12.2 Å². The van der Waals surface area contributed by atoms with E-state index in [-0.39, 0.29) is 24.0 Å². The number of amides is 2. The van der Waals surface area contributed by atoms with Gasteiger partial charge in [0.15, 0.2) is 0 Å². The van der Waals surface area contributed by atoms with E-state index in [0.717, 1.165) is 0 Å². The Hall–Kier alpha value is -1.16. The van der Waals surface area contributed by atoms with Crippen molar-refractivity contribution in [1.82, 2.24) is 4.90 Å². The third-order valence-corrected chi connectivity index (χ3v) is 2.30. The molecule has 0 aromatic heterocycles. The molecule has 0 atom stereocenters. The molecule has 12 heavy (non-hydrogen) atoms. The zero-order chi connectivity index (χ0) is 8.72. The van der Waals surface area contributed by atoms with E-state index in [1.807, 2.05) is 0 Å². The zero-order valence-electron chi connectivity index (χ0n) is 6.43. The van der Waals surface area contributed by atoms with E-state index < -0.39 is 0 Å². The van der Waals surface area contributed by atoms with Crippen LogP contribution in [0, 0.1) is 0 Å². The average Bonchev–Trinajstić information content (AvgIpc) is 2.26. The lowest BCUT2D eigenvalue weighted by atomic mass is 9.88. The van der Waals surface area contributed by atoms with Gasteiger partial charge in [0.2, 0.25) is 0 Å². The molecular weight excluding hydrogens is 158 g/mol. The summed E-state index contributed by atoms with van der Waals surface area (Å²) in [4.78, 5) is 23.3. The van der Waals surface area contributed by atoms with Crippen molar-refractivity contribution < 1.29 is 14.7 Å². The van der Waals surface area contributed by atoms with Crippen LogP contribution < -0.4 is 0 Å². The van der Waals surface area contributed by atoms with Gasteiger partial charge in [-0.1, -0.05) is 0 Å². The van der Waals surface area contributed by atoms with Crippen molar-refractivity contribution in [3.63, 3.8) is 0 Å². The molecule has 4 heteroatoms. The van der Waals surface area contributed by atoms with Gasteiger partial charge in [-0.15, -0.1) is 0 Å². The monoisotopic (exact) mass is 167 g/mol. The summed E-state index contributed by atoms with van der Waals surface area (Å²) < 4.78 is 0. The smallest absolute Gasteiger partial charge is 0.253 e. The standard InChI is InChI=1S/C8H9NO3/c10-6-3-5(4-6)9-7(11)1-2-8(9)12/h1-2,5-6,10H,3-4H2. The second-order valence-electron chi connectivity index (χ2n) is 3.16. The van der Waals surface area contributed by atoms with E-state index in [2.05, 4.69) is 0 Å². The molecule has 0 spiro atoms. The number of carbonyl (C=O) groups is 2. The summed E-state index contributed by atoms with van der Waals surface area (Å²) in [5, 5.41) is 8.98. The maximum absolute atomic E-state index is 11.1. The second-order valence-corrected chi connectivity index (χ2v) is 3.16. The van der Waals surface area contributed by atoms with Gasteiger partial charge in [0.1, 0.15) is 0 Å². The summed E-state index contributed by atoms with van der Waals surface area (Å²) in [6.07, 6.45) is 3.26. The minimum Gasteiger partial charge on any atom is -0.393 e. The topological polar surface area (TPSA) is 57.6 Å². The van der Waals surface area contributed by atoms with Crippen LogP contribution in [0.25, 0.3) is 0 Å². The highest BCUT2D eigenvalue weighted by Gasteiger charge is 2.39. The second kappa shape index (κ2) is 2.42. The van der Waals surface area contributed by atoms with Gasteiger partial charge in [0.25, 0.3) is 11.8 Å². The molecule has 1 N–H and O–H groups in total. The van der Waals surface area contributed by atoms with Gasteiger partial charge in [-0.25, -0.2) is 0 Å². The third kappa shape index (κ3) is 0.956. The summed E-state index contributed by atoms with van der Waals surface area (Å²) in [7, 11) is 0. The lowest BCUT2D eigenvalue weighted by Gasteiger charge is -2.36. The fourth-order valence-corrected chi connectivity index (χ4v) is 1.54. The lowest BCUT2D eigenvalue weighted by Crippen LogP contribution is -2.49. The molecule has 4 nitrogen and oxygen atoms in total. The van der Waals surface area contributed by atoms with Gasteiger partial charge in [-0.2, -0.15) is 0 Å². The Bertz CT molecular complexity index is 247. The van der Waals surface area contributed by atoms with Crippen LogP contribution in [0.3, 0.4) is 0 Å². The zero-order valence-corrected chi connectivity index (χ0v) is 6.43. The highest BCUT2D eigenvalue weighted by molar-refractivity contribution is 6.13. The molecule has 1 fully saturated rings. The molecule has 0 unspecified atom stereocenters. The minimum absolute atomic E-state index is 0.0741. The minimum atomic E-state index is -0.337. The van der Waals surface area contributed by atoms with Crippen molar-refractivity contribution in [2.24, 2.45) is 0 Å². The Morgan fingerprint density at radius 1 is 1.25 bits per heavy atom. The number of rotatable bonds is 1. The molecule has 64 valence electrons. The van der Waals surface area contributed by atoms with Crippen LogP contribution >= 0.6 is 0 Å². The Kier molecular flexibility index (Phi) is 1.51. The molecule has 0 radical (unpaired) electrons. The Balaban J connectivity index is 2.05. The maximum atomic E-state index is 11.1. The number of aliphatic hydroxyl groups is 1. The number of imide groups is 1. The van der Waals surface area contributed by atoms with Crippen LogP contribution in [0.1, 0.15) is 12.8 Å². The molecule has 1 aliphatic heterocycles. The van der Waals surface area contributed by atoms with Crippen LogP contribution in [0.5, 0.6) is 0 Å². The number of hydrogen-bond donors (Lipinski definition) is 1. The maximum Gasteiger partial charge on any atom is 0.253 e. The molecule has 2 rings (SSSR count). The summed E-state index contributed by atoms with van der Waals surface area (Å²) in [6.45, 7) is 0. The fraction of sp³-hybridized carbons (Fsp3) is 0.500. The van der Waals surface area contributed by atoms with Crippen LogP contribution in [0.15, 0.2) is 12.2 Å². The van der Waals surface area contributed by atoms with Crippen LogP contribution in [-0.4, -0.2) is 34.0 Å². The quantitative estimate of drug-likeness (QED) is 0.532. The van der Waals surface area contributed by atoms with E-state index in [1.165, 1.54) is 17.1 Å². The van der Waals surface area contributed by atoms with Crippen molar-refractivity contribution >= 4 is 11.8 Å². The molecule has 1 saturated carbocycles. The van der Waals surface area contributed by atoms with E-state index >= 15 is 0 Å². The predicted octanol–water partition coefficient (Wildman–Crippen LogP) is -0.565. The molecule has 0 saturated heterocycles. The fourth-order valence-electron chi connectivity index (χ4n) is 1.54. The third-order valence-electron chi connectivity index (χ3n) is 2.30. The Morgan fingerprint density at radius 3 is 2.17 bits per heavy atom. The summed E-state index contributed by atoms with van der Waals surface area (Å²) in [6, 6.07) is -0.0741. The summed E-state index contributed by atoms with van der Waals surface area (Å²) in [5.41, 5.74) is 0. The van der Waals surface area contributed by atoms with Crippen molar-refractivity contribution in [1.29, 1.82) is 0 Å². The first-order chi connectivity index (χ1) is 5.68. The van der Waals surface area contributed by atoms with Gasteiger partial charge in [-0.3, -0.25) is 14.5 Å². The Labute approximate surface area is 69.5 Å². The van der Waals surface area contributed by atoms with Crippen molar-refractivity contribution in [2.45, 2.75) is 25.0 Å². The molecule has 0 aromatic carbocycles. The Morgan fingerprint density at radius 2 is 1.75 bits per heavy atom. The van der Waals surface area contributed by atoms with E-state index in [1.54, 1.807) is 0 Å². The lowest BCUT2D eigenvalue weighted by molar-refractivity contribution is -0.144. The van der Waals surface area contributed by atoms with Gasteiger partial charge in [0.05, 0.1) is 6.10 Å². The first-order valence-corrected chi connectivity index (χ1v) is 3.92. The molecular formula is C8H9NO3. The van der Waals surface area contributed by atoms with Crippen molar-refractivity contribution in [2.75, 3.05) is 0 Å². The molecule has 1 aliphatic carbocycles. The van der Waals surface area contributed by atoms with Gasteiger partial charge in [0, 0.05) is 18.2 Å². The normalized spacial score (nSPS) is 34.2. The predicted molar refractivity (Wildman–Crippen MR) is 40.0 cm³/mol. The SMILES string of the molecule is O=C1C=CC(=O)N1C1CC(O)C1. The highest BCUT2D eigenvalue weighted by Crippen LogP contribution is 2.27. The largest absolute Gasteiger partial charge is 0.393 e. The van der Waals surface area contributed by atoms with E-state index in [9.17, 15) is 9.59 Å². The van der Waals surface area contributed by atoms with Gasteiger partial charge >= 0.3 is 0 Å². The van der Waals surface area contributed by atoms with Gasteiger partial charge in [-0.05, 0) is 12.8 Å². The molecule has 1 heterocycles. The highest BCUT2D eigenvalue weighted by atomic mass is 16.3. The van der Waals surface area contributed by atoms with E-state index in [4.69, 9.17) is 5.11 Å². The van der Waals surface area contributed by atoms with Gasteiger partial charge < -0.3 is 5.11 Å². The van der Waals surface area contributed by atoms with Crippen molar-refractivity contribution in [3.8, 4) is 0 Å². The average molecular weight is 167 g/mol. The van der Waals surface area contributed by atoms with E-state index in [0.29, 0.717) is 12.8 Å². The number of hydrogen-bond acceptors (Lipinski definition) is 3. The van der Waals surface area contributed by atoms with Crippen LogP contribution in [-0.2, 0) is 9.59 Å². The summed E-state index contributed by atoms with van der Waals surface area (Å²) >= 11 is 0. The molecule has 0 bridgehead atoms. The molecule has 2 aliphatic rings. The first-order valence-electron chi connectivity index (χ1n) is 3.92. The number of carbonyl (C=O) groups excluding carboxylic acids is 2. The molecule has 2 amide bonds. The molecule has 0 aromatic rings. The first kappa shape index (κ1) is 7.49. The van der Waals surface area contributed by atoms with Crippen LogP contribution in [0.2, 0.25) is 0 Å². The summed E-state index contributed by atoms with van der Waals surface area (Å²) in [5.74, 6) is -0.506. The van der Waals surface area contributed by atoms with Crippen LogP contribution in [0.4, 0.5) is 0 Å².